The van der Waals surface area contributed by atoms with Gasteiger partial charge in [-0.2, -0.15) is 0 Å². The second-order valence-corrected chi connectivity index (χ2v) is 10.2. The fourth-order valence-electron chi connectivity index (χ4n) is 4.67. The van der Waals surface area contributed by atoms with Crippen LogP contribution >= 0.6 is 0 Å². The third-order valence-corrected chi connectivity index (χ3v) is 6.55. The molecule has 1 saturated heterocycles. The number of allylic oxidation sites excluding steroid dienone is 2. The van der Waals surface area contributed by atoms with E-state index in [0.717, 1.165) is 42.9 Å². The second-order valence-electron chi connectivity index (χ2n) is 10.2. The minimum Gasteiger partial charge on any atom is -0.466 e. The number of benzene rings is 2. The van der Waals surface area contributed by atoms with Crippen molar-refractivity contribution in [2.75, 3.05) is 22.9 Å². The molecule has 0 radical (unpaired) electrons. The van der Waals surface area contributed by atoms with Gasteiger partial charge in [0.05, 0.1) is 0 Å². The molecular formula is C29H32FN3O2. The second kappa shape index (κ2) is 9.61. The van der Waals surface area contributed by atoms with Crippen LogP contribution in [0, 0.1) is 5.82 Å². The Morgan fingerprint density at radius 2 is 1.80 bits per heavy atom. The van der Waals surface area contributed by atoms with Crippen molar-refractivity contribution < 1.29 is 13.7 Å². The Morgan fingerprint density at radius 3 is 2.57 bits per heavy atom. The molecule has 2 aromatic carbocycles. The summed E-state index contributed by atoms with van der Waals surface area (Å²) in [7, 11) is 0. The van der Waals surface area contributed by atoms with Crippen LogP contribution in [0.1, 0.15) is 45.6 Å². The van der Waals surface area contributed by atoms with Gasteiger partial charge in [-0.3, -0.25) is 4.90 Å². The zero-order valence-electron chi connectivity index (χ0n) is 20.6. The lowest BCUT2D eigenvalue weighted by Crippen LogP contribution is -2.35. The van der Waals surface area contributed by atoms with Crippen molar-refractivity contribution in [1.29, 1.82) is 0 Å². The Kier molecular flexibility index (Phi) is 6.37. The van der Waals surface area contributed by atoms with E-state index >= 15 is 4.39 Å². The number of ether oxygens (including phenoxy) is 1. The lowest BCUT2D eigenvalue weighted by Gasteiger charge is -2.30. The molecule has 1 atom stereocenters. The minimum atomic E-state index is -0.421. The van der Waals surface area contributed by atoms with E-state index in [1.807, 2.05) is 53.6 Å². The van der Waals surface area contributed by atoms with Crippen molar-refractivity contribution in [2.24, 2.45) is 0 Å². The van der Waals surface area contributed by atoms with E-state index in [2.05, 4.69) is 36.9 Å². The van der Waals surface area contributed by atoms with Crippen LogP contribution in [0.25, 0.3) is 11.3 Å². The van der Waals surface area contributed by atoms with E-state index in [4.69, 9.17) is 9.26 Å². The standard InChI is InChI=1S/C29H32FN3O2/c1-29(2,3)23-11-5-6-12-26(23)34-27-13-7-10-18-33(27)28-20-25(31-35-28)22-15-14-21(19-24(22)30)32-16-8-4-9-17-32/h5-7,10-15,18-20,27H,4,8-9,16-17H2,1-3H3. The van der Waals surface area contributed by atoms with Crippen LogP contribution in [0.3, 0.4) is 0 Å². The lowest BCUT2D eigenvalue weighted by atomic mass is 9.86. The number of anilines is 2. The van der Waals surface area contributed by atoms with Gasteiger partial charge in [0.15, 0.2) is 6.23 Å². The first-order valence-corrected chi connectivity index (χ1v) is 12.3. The summed E-state index contributed by atoms with van der Waals surface area (Å²) in [4.78, 5) is 4.10. The summed E-state index contributed by atoms with van der Waals surface area (Å²) >= 11 is 0. The molecule has 1 aromatic heterocycles. The number of para-hydroxylation sites is 1. The van der Waals surface area contributed by atoms with Gasteiger partial charge in [0.1, 0.15) is 17.3 Å². The third-order valence-electron chi connectivity index (χ3n) is 6.55. The van der Waals surface area contributed by atoms with Gasteiger partial charge in [0.25, 0.3) is 0 Å². The molecule has 182 valence electrons. The zero-order chi connectivity index (χ0) is 24.4. The molecule has 6 heteroatoms. The summed E-state index contributed by atoms with van der Waals surface area (Å²) in [6.45, 7) is 8.44. The fraction of sp³-hybridized carbons (Fsp3) is 0.345. The number of rotatable bonds is 5. The van der Waals surface area contributed by atoms with Gasteiger partial charge < -0.3 is 14.2 Å². The van der Waals surface area contributed by atoms with Gasteiger partial charge in [0, 0.05) is 36.6 Å². The van der Waals surface area contributed by atoms with Crippen molar-refractivity contribution in [3.05, 3.63) is 84.3 Å². The van der Waals surface area contributed by atoms with Crippen LogP contribution in [0.4, 0.5) is 16.0 Å². The van der Waals surface area contributed by atoms with Gasteiger partial charge in [0.2, 0.25) is 5.88 Å². The van der Waals surface area contributed by atoms with Crippen LogP contribution < -0.4 is 14.5 Å². The topological polar surface area (TPSA) is 41.7 Å². The Labute approximate surface area is 206 Å². The van der Waals surface area contributed by atoms with Crippen LogP contribution in [-0.2, 0) is 5.41 Å². The Bertz CT molecular complexity index is 1230. The summed E-state index contributed by atoms with van der Waals surface area (Å²) in [5.74, 6) is 1.00. The maximum atomic E-state index is 15.1. The molecule has 5 nitrogen and oxygen atoms in total. The monoisotopic (exact) mass is 473 g/mol. The molecule has 2 aliphatic rings. The fourth-order valence-corrected chi connectivity index (χ4v) is 4.67. The number of halogens is 1. The van der Waals surface area contributed by atoms with Gasteiger partial charge in [-0.05, 0) is 66.7 Å². The first kappa shape index (κ1) is 23.2. The maximum Gasteiger partial charge on any atom is 0.235 e. The van der Waals surface area contributed by atoms with E-state index in [9.17, 15) is 0 Å². The maximum absolute atomic E-state index is 15.1. The predicted molar refractivity (Wildman–Crippen MR) is 138 cm³/mol. The number of piperidine rings is 1. The SMILES string of the molecule is CC(C)(C)c1ccccc1OC1C=CC=CN1c1cc(-c2ccc(N3CCCCC3)cc2F)no1. The molecule has 0 N–H and O–H groups in total. The number of aromatic nitrogens is 1. The smallest absolute Gasteiger partial charge is 0.235 e. The molecule has 3 heterocycles. The highest BCUT2D eigenvalue weighted by molar-refractivity contribution is 5.67. The quantitative estimate of drug-likeness (QED) is 0.397. The van der Waals surface area contributed by atoms with E-state index in [-0.39, 0.29) is 11.2 Å². The average molecular weight is 474 g/mol. The minimum absolute atomic E-state index is 0.0626. The summed E-state index contributed by atoms with van der Waals surface area (Å²) in [5.41, 5.74) is 2.86. The van der Waals surface area contributed by atoms with Gasteiger partial charge >= 0.3 is 0 Å². The number of hydrogen-bond acceptors (Lipinski definition) is 5. The molecule has 1 unspecified atom stereocenters. The highest BCUT2D eigenvalue weighted by Gasteiger charge is 2.26. The Hall–Kier alpha value is -3.54. The molecular weight excluding hydrogens is 441 g/mol. The lowest BCUT2D eigenvalue weighted by molar-refractivity contribution is 0.237. The van der Waals surface area contributed by atoms with Crippen LogP contribution in [0.2, 0.25) is 0 Å². The van der Waals surface area contributed by atoms with Crippen LogP contribution in [0.15, 0.2) is 77.5 Å². The summed E-state index contributed by atoms with van der Waals surface area (Å²) in [6.07, 6.45) is 10.8. The van der Waals surface area contributed by atoms with Crippen molar-refractivity contribution in [3.63, 3.8) is 0 Å². The third kappa shape index (κ3) is 4.97. The molecule has 1 fully saturated rings. The zero-order valence-corrected chi connectivity index (χ0v) is 20.6. The Balaban J connectivity index is 1.38. The molecule has 35 heavy (non-hydrogen) atoms. The molecule has 5 rings (SSSR count). The molecule has 0 spiro atoms. The summed E-state index contributed by atoms with van der Waals surface area (Å²) in [5, 5.41) is 4.18. The first-order chi connectivity index (χ1) is 16.9. The Morgan fingerprint density at radius 1 is 1.00 bits per heavy atom. The summed E-state index contributed by atoms with van der Waals surface area (Å²) < 4.78 is 27.2. The molecule has 0 aliphatic carbocycles. The molecule has 0 saturated carbocycles. The van der Waals surface area contributed by atoms with Crippen molar-refractivity contribution in [2.45, 2.75) is 51.7 Å². The first-order valence-electron chi connectivity index (χ1n) is 12.3. The normalized spacial score (nSPS) is 18.2. The van der Waals surface area contributed by atoms with E-state index < -0.39 is 6.23 Å². The number of hydrogen-bond donors (Lipinski definition) is 0. The van der Waals surface area contributed by atoms with Crippen molar-refractivity contribution in [3.8, 4) is 17.0 Å². The molecule has 2 aliphatic heterocycles. The van der Waals surface area contributed by atoms with E-state index in [1.165, 1.54) is 6.42 Å². The summed E-state index contributed by atoms with van der Waals surface area (Å²) in [6, 6.07) is 15.2. The highest BCUT2D eigenvalue weighted by atomic mass is 19.1. The molecule has 0 amide bonds. The van der Waals surface area contributed by atoms with E-state index in [1.54, 1.807) is 18.2 Å². The van der Waals surface area contributed by atoms with Gasteiger partial charge in [-0.1, -0.05) is 50.2 Å². The average Bonchev–Trinajstić information content (AvgIpc) is 3.34. The van der Waals surface area contributed by atoms with Crippen LogP contribution in [0.5, 0.6) is 5.75 Å². The largest absolute Gasteiger partial charge is 0.466 e. The van der Waals surface area contributed by atoms with Gasteiger partial charge in [-0.15, -0.1) is 0 Å². The molecule has 0 bridgehead atoms. The van der Waals surface area contributed by atoms with Gasteiger partial charge in [-0.25, -0.2) is 4.39 Å². The highest BCUT2D eigenvalue weighted by Crippen LogP contribution is 2.35. The predicted octanol–water partition coefficient (Wildman–Crippen LogP) is 7.06. The molecule has 3 aromatic rings. The number of nitrogens with zero attached hydrogens (tertiary/aromatic N) is 3. The van der Waals surface area contributed by atoms with Crippen molar-refractivity contribution in [1.82, 2.24) is 5.16 Å². The van der Waals surface area contributed by atoms with E-state index in [0.29, 0.717) is 17.1 Å². The van der Waals surface area contributed by atoms with Crippen LogP contribution in [-0.4, -0.2) is 24.5 Å². The van der Waals surface area contributed by atoms with Crippen molar-refractivity contribution >= 4 is 11.6 Å².